The summed E-state index contributed by atoms with van der Waals surface area (Å²) in [5, 5.41) is 3.38. The molecule has 1 fully saturated rings. The average Bonchev–Trinajstić information content (AvgIpc) is 2.43. The first-order valence-corrected chi connectivity index (χ1v) is 9.20. The normalized spacial score (nSPS) is 23.1. The fourth-order valence-corrected chi connectivity index (χ4v) is 3.21. The fraction of sp³-hybridized carbons (Fsp3) is 0.947. The number of likely N-dealkylation sites (tertiary alicyclic amines) is 1. The van der Waals surface area contributed by atoms with Gasteiger partial charge < -0.3 is 10.2 Å². The Balaban J connectivity index is 2.55. The van der Waals surface area contributed by atoms with Crippen molar-refractivity contribution in [3.63, 3.8) is 0 Å². The van der Waals surface area contributed by atoms with E-state index in [-0.39, 0.29) is 11.8 Å². The monoisotopic (exact) mass is 310 g/mol. The van der Waals surface area contributed by atoms with Crippen LogP contribution in [0.5, 0.6) is 0 Å². The quantitative estimate of drug-likeness (QED) is 0.768. The van der Waals surface area contributed by atoms with E-state index in [1.807, 2.05) is 0 Å². The Kier molecular flexibility index (Phi) is 7.88. The molecule has 2 unspecified atom stereocenters. The predicted molar refractivity (Wildman–Crippen MR) is 94.9 cm³/mol. The number of carbonyl (C=O) groups is 1. The summed E-state index contributed by atoms with van der Waals surface area (Å²) in [4.78, 5) is 14.9. The van der Waals surface area contributed by atoms with Crippen molar-refractivity contribution in [2.45, 2.75) is 79.2 Å². The van der Waals surface area contributed by atoms with E-state index in [9.17, 15) is 4.79 Å². The third kappa shape index (κ3) is 7.62. The van der Waals surface area contributed by atoms with Gasteiger partial charge in [-0.2, -0.15) is 0 Å². The minimum Gasteiger partial charge on any atom is -0.353 e. The number of hydrogen-bond donors (Lipinski definition) is 1. The highest BCUT2D eigenvalue weighted by Gasteiger charge is 2.26. The van der Waals surface area contributed by atoms with Gasteiger partial charge in [0.15, 0.2) is 0 Å². The summed E-state index contributed by atoms with van der Waals surface area (Å²) in [6, 6.07) is 0.342. The standard InChI is InChI=1S/C19H38N2O/c1-7-15(2)13-17(10-11-19(3,4)5)20-18(22)16-9-8-12-21(6)14-16/h15-17H,7-14H2,1-6H3,(H,20,22)/t15?,16-,17?/m0/s1. The van der Waals surface area contributed by atoms with E-state index >= 15 is 0 Å². The fourth-order valence-electron chi connectivity index (χ4n) is 3.21. The summed E-state index contributed by atoms with van der Waals surface area (Å²) < 4.78 is 0. The van der Waals surface area contributed by atoms with E-state index in [1.165, 1.54) is 12.8 Å². The largest absolute Gasteiger partial charge is 0.353 e. The van der Waals surface area contributed by atoms with Crippen LogP contribution in [0.3, 0.4) is 0 Å². The Hall–Kier alpha value is -0.570. The second-order valence-corrected chi connectivity index (χ2v) is 8.66. The second kappa shape index (κ2) is 8.90. The van der Waals surface area contributed by atoms with Crippen LogP contribution in [0.2, 0.25) is 0 Å². The molecular weight excluding hydrogens is 272 g/mol. The summed E-state index contributed by atoms with van der Waals surface area (Å²) in [5.41, 5.74) is 0.337. The third-order valence-corrected chi connectivity index (χ3v) is 4.97. The van der Waals surface area contributed by atoms with Gasteiger partial charge in [0.05, 0.1) is 5.92 Å². The molecule has 1 heterocycles. The molecule has 3 heteroatoms. The lowest BCUT2D eigenvalue weighted by Gasteiger charge is -2.31. The van der Waals surface area contributed by atoms with Gasteiger partial charge in [0.1, 0.15) is 0 Å². The second-order valence-electron chi connectivity index (χ2n) is 8.66. The molecule has 0 aromatic rings. The van der Waals surface area contributed by atoms with Gasteiger partial charge in [0, 0.05) is 12.6 Å². The molecule has 0 aromatic heterocycles. The van der Waals surface area contributed by atoms with Gasteiger partial charge in [-0.25, -0.2) is 0 Å². The maximum Gasteiger partial charge on any atom is 0.224 e. The van der Waals surface area contributed by atoms with Gasteiger partial charge in [0.2, 0.25) is 5.91 Å². The highest BCUT2D eigenvalue weighted by molar-refractivity contribution is 5.79. The number of rotatable bonds is 7. The molecule has 0 spiro atoms. The Morgan fingerprint density at radius 1 is 1.36 bits per heavy atom. The van der Waals surface area contributed by atoms with Gasteiger partial charge >= 0.3 is 0 Å². The summed E-state index contributed by atoms with van der Waals surface area (Å²) in [7, 11) is 2.12. The molecule has 0 aliphatic carbocycles. The lowest BCUT2D eigenvalue weighted by molar-refractivity contribution is -0.127. The van der Waals surface area contributed by atoms with Crippen LogP contribution in [-0.2, 0) is 4.79 Å². The van der Waals surface area contributed by atoms with Crippen molar-refractivity contribution in [3.05, 3.63) is 0 Å². The van der Waals surface area contributed by atoms with Crippen LogP contribution < -0.4 is 5.32 Å². The molecule has 0 saturated carbocycles. The maximum absolute atomic E-state index is 12.6. The number of piperidine rings is 1. The van der Waals surface area contributed by atoms with Gasteiger partial charge in [-0.1, -0.05) is 41.0 Å². The first-order valence-electron chi connectivity index (χ1n) is 9.20. The SMILES string of the molecule is CCC(C)CC(CCC(C)(C)C)NC(=O)[C@H]1CCCN(C)C1. The Morgan fingerprint density at radius 3 is 2.59 bits per heavy atom. The predicted octanol–water partition coefficient (Wildman–Crippen LogP) is 4.08. The molecule has 1 aliphatic rings. The lowest BCUT2D eigenvalue weighted by Crippen LogP contribution is -2.45. The molecule has 3 atom stereocenters. The Morgan fingerprint density at radius 2 is 2.05 bits per heavy atom. The molecule has 3 nitrogen and oxygen atoms in total. The summed E-state index contributed by atoms with van der Waals surface area (Å²) in [6.45, 7) is 13.4. The maximum atomic E-state index is 12.6. The van der Waals surface area contributed by atoms with Gasteiger partial charge in [0.25, 0.3) is 0 Å². The molecule has 0 aromatic carbocycles. The van der Waals surface area contributed by atoms with Crippen LogP contribution in [0.4, 0.5) is 0 Å². The van der Waals surface area contributed by atoms with E-state index in [0.29, 0.717) is 17.4 Å². The smallest absolute Gasteiger partial charge is 0.224 e. The van der Waals surface area contributed by atoms with Crippen LogP contribution in [0, 0.1) is 17.3 Å². The van der Waals surface area contributed by atoms with Crippen molar-refractivity contribution in [3.8, 4) is 0 Å². The number of amides is 1. The van der Waals surface area contributed by atoms with E-state index in [4.69, 9.17) is 0 Å². The molecule has 0 radical (unpaired) electrons. The molecule has 1 N–H and O–H groups in total. The molecule has 0 bridgehead atoms. The van der Waals surface area contributed by atoms with Crippen molar-refractivity contribution in [2.24, 2.45) is 17.3 Å². The van der Waals surface area contributed by atoms with Crippen LogP contribution >= 0.6 is 0 Å². The number of hydrogen-bond acceptors (Lipinski definition) is 2. The van der Waals surface area contributed by atoms with Crippen molar-refractivity contribution < 1.29 is 4.79 Å². The zero-order valence-corrected chi connectivity index (χ0v) is 15.7. The highest BCUT2D eigenvalue weighted by Crippen LogP contribution is 2.24. The van der Waals surface area contributed by atoms with Crippen molar-refractivity contribution >= 4 is 5.91 Å². The van der Waals surface area contributed by atoms with Gasteiger partial charge in [-0.05, 0) is 57.0 Å². The highest BCUT2D eigenvalue weighted by atomic mass is 16.2. The van der Waals surface area contributed by atoms with E-state index in [1.54, 1.807) is 0 Å². The van der Waals surface area contributed by atoms with Gasteiger partial charge in [-0.15, -0.1) is 0 Å². The molecule has 1 saturated heterocycles. The van der Waals surface area contributed by atoms with E-state index in [0.717, 1.165) is 38.8 Å². The van der Waals surface area contributed by atoms with E-state index in [2.05, 4.69) is 51.9 Å². The first-order chi connectivity index (χ1) is 10.2. The van der Waals surface area contributed by atoms with Crippen LogP contribution in [-0.4, -0.2) is 37.0 Å². The number of nitrogens with zero attached hydrogens (tertiary/aromatic N) is 1. The molecule has 22 heavy (non-hydrogen) atoms. The van der Waals surface area contributed by atoms with E-state index < -0.39 is 0 Å². The molecule has 1 rings (SSSR count). The van der Waals surface area contributed by atoms with Crippen molar-refractivity contribution in [1.82, 2.24) is 10.2 Å². The first kappa shape index (κ1) is 19.5. The molecular formula is C19H38N2O. The van der Waals surface area contributed by atoms with Crippen LogP contribution in [0.1, 0.15) is 73.1 Å². The summed E-state index contributed by atoms with van der Waals surface area (Å²) >= 11 is 0. The minimum absolute atomic E-state index is 0.188. The summed E-state index contributed by atoms with van der Waals surface area (Å²) in [6.07, 6.45) is 6.76. The number of nitrogens with one attached hydrogen (secondary N) is 1. The minimum atomic E-state index is 0.188. The summed E-state index contributed by atoms with van der Waals surface area (Å²) in [5.74, 6) is 1.15. The molecule has 1 aliphatic heterocycles. The van der Waals surface area contributed by atoms with Crippen molar-refractivity contribution in [1.29, 1.82) is 0 Å². The van der Waals surface area contributed by atoms with Crippen LogP contribution in [0.25, 0.3) is 0 Å². The average molecular weight is 311 g/mol. The lowest BCUT2D eigenvalue weighted by atomic mass is 9.86. The van der Waals surface area contributed by atoms with Gasteiger partial charge in [-0.3, -0.25) is 4.79 Å². The molecule has 1 amide bonds. The van der Waals surface area contributed by atoms with Crippen LogP contribution in [0.15, 0.2) is 0 Å². The zero-order chi connectivity index (χ0) is 16.8. The number of carbonyl (C=O) groups excluding carboxylic acids is 1. The van der Waals surface area contributed by atoms with Crippen molar-refractivity contribution in [2.75, 3.05) is 20.1 Å². The third-order valence-electron chi connectivity index (χ3n) is 4.97. The molecule has 130 valence electrons. The zero-order valence-electron chi connectivity index (χ0n) is 15.7. The topological polar surface area (TPSA) is 32.3 Å². The Bertz CT molecular complexity index is 335. The Labute approximate surface area is 138 Å².